The zero-order chi connectivity index (χ0) is 32.1. The maximum absolute atomic E-state index is 13.0. The molecule has 2 fully saturated rings. The number of benzene rings is 1. The summed E-state index contributed by atoms with van der Waals surface area (Å²) >= 11 is 0. The SMILES string of the molecule is Cc1ccc(C(=O)N/C(N)=C/C(=N)C(C)(C)C)cc1Nc1ncnc2c(N)nc(N3CCN(CCN4CCOCC4)CC3)nc12. The number of aromatic nitrogens is 4. The molecule has 0 spiro atoms. The summed E-state index contributed by atoms with van der Waals surface area (Å²) in [6.45, 7) is 16.7. The summed E-state index contributed by atoms with van der Waals surface area (Å²) in [7, 11) is 0. The van der Waals surface area contributed by atoms with Crippen molar-refractivity contribution >= 4 is 45.9 Å². The Bertz CT molecular complexity index is 1570. The van der Waals surface area contributed by atoms with Crippen molar-refractivity contribution in [1.29, 1.82) is 5.41 Å². The van der Waals surface area contributed by atoms with Crippen molar-refractivity contribution < 1.29 is 9.53 Å². The largest absolute Gasteiger partial charge is 0.385 e. The molecular weight excluding hydrogens is 572 g/mol. The van der Waals surface area contributed by atoms with E-state index in [-0.39, 0.29) is 23.0 Å². The molecule has 3 aromatic rings. The van der Waals surface area contributed by atoms with Crippen LogP contribution in [0.2, 0.25) is 0 Å². The Morgan fingerprint density at radius 2 is 1.71 bits per heavy atom. The number of amides is 1. The Kier molecular flexibility index (Phi) is 9.75. The maximum atomic E-state index is 13.0. The van der Waals surface area contributed by atoms with E-state index in [4.69, 9.17) is 26.6 Å². The van der Waals surface area contributed by atoms with Crippen molar-refractivity contribution in [2.45, 2.75) is 27.7 Å². The molecule has 0 aliphatic carbocycles. The molecule has 7 N–H and O–H groups in total. The van der Waals surface area contributed by atoms with Crippen LogP contribution in [0, 0.1) is 17.7 Å². The third-order valence-electron chi connectivity index (χ3n) is 8.11. The number of anilines is 4. The molecule has 2 aliphatic heterocycles. The summed E-state index contributed by atoms with van der Waals surface area (Å²) in [5.41, 5.74) is 15.2. The number of nitrogens with zero attached hydrogens (tertiary/aromatic N) is 7. The van der Waals surface area contributed by atoms with E-state index >= 15 is 0 Å². The number of carbonyl (C=O) groups excluding carboxylic acids is 1. The molecule has 4 heterocycles. The molecule has 14 heteroatoms. The number of nitrogen functional groups attached to an aromatic ring is 1. The second-order valence-electron chi connectivity index (χ2n) is 12.5. The normalized spacial score (nSPS) is 17.0. The van der Waals surface area contributed by atoms with Gasteiger partial charge in [0, 0.05) is 74.7 Å². The van der Waals surface area contributed by atoms with Gasteiger partial charge in [0.15, 0.2) is 11.6 Å². The lowest BCUT2D eigenvalue weighted by molar-refractivity contribution is 0.0331. The molecule has 14 nitrogen and oxygen atoms in total. The monoisotopic (exact) mass is 616 g/mol. The van der Waals surface area contributed by atoms with Crippen LogP contribution in [0.15, 0.2) is 36.4 Å². The highest BCUT2D eigenvalue weighted by molar-refractivity contribution is 6.00. The van der Waals surface area contributed by atoms with Crippen LogP contribution in [0.4, 0.5) is 23.3 Å². The van der Waals surface area contributed by atoms with Crippen molar-refractivity contribution in [1.82, 2.24) is 35.1 Å². The Morgan fingerprint density at radius 3 is 2.40 bits per heavy atom. The molecule has 2 aliphatic rings. The number of piperazine rings is 1. The van der Waals surface area contributed by atoms with E-state index in [1.807, 2.05) is 33.8 Å². The van der Waals surface area contributed by atoms with Crippen molar-refractivity contribution in [3.63, 3.8) is 0 Å². The Hall–Kier alpha value is -4.40. The van der Waals surface area contributed by atoms with Crippen LogP contribution < -0.4 is 27.0 Å². The first-order valence-electron chi connectivity index (χ1n) is 15.3. The minimum absolute atomic E-state index is 0.106. The number of aryl methyl sites for hydroxylation is 1. The first-order valence-corrected chi connectivity index (χ1v) is 15.3. The van der Waals surface area contributed by atoms with E-state index in [1.165, 1.54) is 12.4 Å². The number of fused-ring (bicyclic) bond motifs is 1. The number of morpholine rings is 1. The number of nitrogens with one attached hydrogen (secondary N) is 3. The maximum Gasteiger partial charge on any atom is 0.256 e. The molecule has 0 atom stereocenters. The van der Waals surface area contributed by atoms with Crippen LogP contribution in [-0.2, 0) is 4.74 Å². The van der Waals surface area contributed by atoms with Gasteiger partial charge in [-0.3, -0.25) is 14.6 Å². The third kappa shape index (κ3) is 8.01. The van der Waals surface area contributed by atoms with Gasteiger partial charge in [-0.1, -0.05) is 26.8 Å². The lowest BCUT2D eigenvalue weighted by atomic mass is 9.90. The standard InChI is InChI=1S/C31H44N12O2/c1-20-5-6-21(29(44)38-24(33)18-23(32)31(2,3)4)17-22(20)37-28-26-25(35-19-36-28)27(34)40-30(39-26)43-11-9-41(10-12-43)7-8-42-13-15-45-16-14-42/h5-6,17-19,32H,7-16,33H2,1-4H3,(H,38,44)(H2,34,39,40)(H,35,36,37)/b24-18+,32-23?. The van der Waals surface area contributed by atoms with E-state index in [1.54, 1.807) is 12.1 Å². The highest BCUT2D eigenvalue weighted by Gasteiger charge is 2.23. The predicted molar refractivity (Wildman–Crippen MR) is 177 cm³/mol. The molecule has 45 heavy (non-hydrogen) atoms. The lowest BCUT2D eigenvalue weighted by Crippen LogP contribution is -2.49. The molecular formula is C31H44N12O2. The van der Waals surface area contributed by atoms with E-state index < -0.39 is 0 Å². The van der Waals surface area contributed by atoms with Gasteiger partial charge in [0.05, 0.1) is 13.2 Å². The van der Waals surface area contributed by atoms with Crippen molar-refractivity contribution in [2.24, 2.45) is 11.1 Å². The fraction of sp³-hybridized carbons (Fsp3) is 0.484. The number of nitrogens with two attached hydrogens (primary N) is 2. The van der Waals surface area contributed by atoms with E-state index in [0.717, 1.165) is 71.1 Å². The fourth-order valence-electron chi connectivity index (χ4n) is 5.11. The van der Waals surface area contributed by atoms with Crippen molar-refractivity contribution in [3.8, 4) is 0 Å². The summed E-state index contributed by atoms with van der Waals surface area (Å²) in [6, 6.07) is 5.28. The van der Waals surface area contributed by atoms with Crippen LogP contribution in [0.25, 0.3) is 11.0 Å². The summed E-state index contributed by atoms with van der Waals surface area (Å²) in [5, 5.41) is 14.2. The number of ether oxygens (including phenoxy) is 1. The van der Waals surface area contributed by atoms with E-state index in [2.05, 4.69) is 40.3 Å². The smallest absolute Gasteiger partial charge is 0.256 e. The highest BCUT2D eigenvalue weighted by atomic mass is 16.5. The van der Waals surface area contributed by atoms with Gasteiger partial charge >= 0.3 is 0 Å². The molecule has 0 saturated carbocycles. The second-order valence-corrected chi connectivity index (χ2v) is 12.5. The first-order chi connectivity index (χ1) is 21.5. The topological polar surface area (TPSA) is 188 Å². The Labute approximate surface area is 263 Å². The Balaban J connectivity index is 1.30. The zero-order valence-corrected chi connectivity index (χ0v) is 26.6. The zero-order valence-electron chi connectivity index (χ0n) is 26.6. The molecule has 0 bridgehead atoms. The summed E-state index contributed by atoms with van der Waals surface area (Å²) in [4.78, 5) is 38.3. The minimum Gasteiger partial charge on any atom is -0.385 e. The number of rotatable bonds is 9. The van der Waals surface area contributed by atoms with Gasteiger partial charge in [0.2, 0.25) is 5.95 Å². The van der Waals surface area contributed by atoms with Crippen LogP contribution >= 0.6 is 0 Å². The summed E-state index contributed by atoms with van der Waals surface area (Å²) in [6.07, 6.45) is 2.88. The van der Waals surface area contributed by atoms with E-state index in [9.17, 15) is 4.79 Å². The van der Waals surface area contributed by atoms with Gasteiger partial charge < -0.3 is 37.1 Å². The molecule has 0 radical (unpaired) electrons. The average molecular weight is 617 g/mol. The number of allylic oxidation sites excluding steroid dienone is 1. The summed E-state index contributed by atoms with van der Waals surface area (Å²) < 4.78 is 5.46. The van der Waals surface area contributed by atoms with Crippen molar-refractivity contribution in [2.75, 3.05) is 81.5 Å². The number of carbonyl (C=O) groups is 1. The molecule has 2 aromatic heterocycles. The number of hydrogen-bond acceptors (Lipinski definition) is 13. The molecule has 1 amide bonds. The highest BCUT2D eigenvalue weighted by Crippen LogP contribution is 2.28. The molecule has 1 aromatic carbocycles. The molecule has 5 rings (SSSR count). The first kappa shape index (κ1) is 32.0. The van der Waals surface area contributed by atoms with Gasteiger partial charge in [-0.05, 0) is 30.7 Å². The van der Waals surface area contributed by atoms with Gasteiger partial charge in [-0.2, -0.15) is 4.98 Å². The van der Waals surface area contributed by atoms with Crippen molar-refractivity contribution in [3.05, 3.63) is 47.6 Å². The Morgan fingerprint density at radius 1 is 1.02 bits per heavy atom. The van der Waals surface area contributed by atoms with Gasteiger partial charge in [-0.25, -0.2) is 15.0 Å². The van der Waals surface area contributed by atoms with Crippen LogP contribution in [0.3, 0.4) is 0 Å². The number of hydrogen-bond donors (Lipinski definition) is 5. The molecule has 2 saturated heterocycles. The van der Waals surface area contributed by atoms with Crippen LogP contribution in [-0.4, -0.2) is 107 Å². The fourth-order valence-corrected chi connectivity index (χ4v) is 5.11. The molecule has 0 unspecified atom stereocenters. The van der Waals surface area contributed by atoms with Gasteiger partial charge in [-0.15, -0.1) is 0 Å². The quantitative estimate of drug-likeness (QED) is 0.221. The van der Waals surface area contributed by atoms with Crippen LogP contribution in [0.1, 0.15) is 36.7 Å². The average Bonchev–Trinajstić information content (AvgIpc) is 3.01. The van der Waals surface area contributed by atoms with E-state index in [0.29, 0.717) is 39.8 Å². The second kappa shape index (κ2) is 13.7. The van der Waals surface area contributed by atoms with Gasteiger partial charge in [0.25, 0.3) is 5.91 Å². The summed E-state index contributed by atoms with van der Waals surface area (Å²) in [5.74, 6) is 0.994. The minimum atomic E-state index is -0.390. The van der Waals surface area contributed by atoms with Crippen LogP contribution in [0.5, 0.6) is 0 Å². The molecule has 240 valence electrons. The van der Waals surface area contributed by atoms with Gasteiger partial charge in [0.1, 0.15) is 23.2 Å². The lowest BCUT2D eigenvalue weighted by Gasteiger charge is -2.36. The predicted octanol–water partition coefficient (Wildman–Crippen LogP) is 2.10. The third-order valence-corrected chi connectivity index (χ3v) is 8.11.